The van der Waals surface area contributed by atoms with Gasteiger partial charge in [0, 0.05) is 0 Å². The van der Waals surface area contributed by atoms with Crippen molar-refractivity contribution in [2.75, 3.05) is 13.2 Å². The van der Waals surface area contributed by atoms with Crippen LogP contribution in [0.15, 0.2) is 12.7 Å². The molecule has 0 aliphatic rings. The largest absolute Gasteiger partial charge is 0.457 e. The maximum absolute atomic E-state index is 12.9. The molecule has 0 amide bonds. The van der Waals surface area contributed by atoms with E-state index in [1.54, 1.807) is 0 Å². The van der Waals surface area contributed by atoms with E-state index in [2.05, 4.69) is 11.3 Å². The minimum atomic E-state index is -4.27. The monoisotopic (exact) mass is 226 g/mol. The van der Waals surface area contributed by atoms with Crippen molar-refractivity contribution in [2.45, 2.75) is 18.1 Å². The topological polar surface area (TPSA) is 87.0 Å². The summed E-state index contributed by atoms with van der Waals surface area (Å²) in [7, 11) is 0. The third-order valence-electron chi connectivity index (χ3n) is 1.53. The van der Waals surface area contributed by atoms with Gasteiger partial charge < -0.3 is 20.1 Å². The Kier molecular flexibility index (Phi) is 5.34. The van der Waals surface area contributed by atoms with Crippen molar-refractivity contribution in [2.24, 2.45) is 0 Å². The maximum Gasteiger partial charge on any atom is 0.380 e. The summed E-state index contributed by atoms with van der Waals surface area (Å²) in [5.74, 6) is -6.26. The number of rotatable bonds is 6. The molecule has 0 aromatic heterocycles. The van der Waals surface area contributed by atoms with Gasteiger partial charge in [0.05, 0.1) is 6.61 Å². The number of alkyl halides is 2. The zero-order valence-electron chi connectivity index (χ0n) is 7.77. The molecular weight excluding hydrogens is 214 g/mol. The van der Waals surface area contributed by atoms with Crippen LogP contribution in [0.3, 0.4) is 0 Å². The molecule has 0 aliphatic carbocycles. The number of aliphatic hydroxyl groups is 3. The summed E-state index contributed by atoms with van der Waals surface area (Å²) in [5.41, 5.74) is 0. The highest BCUT2D eigenvalue weighted by Crippen LogP contribution is 2.23. The molecule has 88 valence electrons. The third kappa shape index (κ3) is 3.54. The van der Waals surface area contributed by atoms with Gasteiger partial charge in [-0.25, -0.2) is 4.79 Å². The van der Waals surface area contributed by atoms with Crippen molar-refractivity contribution in [3.63, 3.8) is 0 Å². The molecule has 0 fully saturated rings. The molecule has 0 aliphatic heterocycles. The summed E-state index contributed by atoms with van der Waals surface area (Å²) in [5, 5.41) is 25.9. The van der Waals surface area contributed by atoms with Crippen LogP contribution in [0.5, 0.6) is 0 Å². The fraction of sp³-hybridized carbons (Fsp3) is 0.625. The molecule has 0 bridgehead atoms. The molecule has 3 N–H and O–H groups in total. The van der Waals surface area contributed by atoms with Gasteiger partial charge in [-0.05, 0) is 0 Å². The number of aliphatic hydroxyl groups excluding tert-OH is 3. The molecule has 0 rings (SSSR count). The van der Waals surface area contributed by atoms with Gasteiger partial charge in [-0.2, -0.15) is 8.78 Å². The number of hydrogen-bond acceptors (Lipinski definition) is 5. The molecule has 0 aromatic carbocycles. The summed E-state index contributed by atoms with van der Waals surface area (Å²) in [4.78, 5) is 10.7. The lowest BCUT2D eigenvalue weighted by molar-refractivity contribution is -0.201. The van der Waals surface area contributed by atoms with Gasteiger partial charge in [-0.1, -0.05) is 12.7 Å². The lowest BCUT2D eigenvalue weighted by Crippen LogP contribution is -2.50. The fourth-order valence-corrected chi connectivity index (χ4v) is 0.693. The van der Waals surface area contributed by atoms with Crippen molar-refractivity contribution in [3.05, 3.63) is 12.7 Å². The highest BCUT2D eigenvalue weighted by Gasteiger charge is 2.51. The first-order valence-corrected chi connectivity index (χ1v) is 4.00. The first-order chi connectivity index (χ1) is 6.87. The molecular formula is C8H12F2O5. The van der Waals surface area contributed by atoms with E-state index in [4.69, 9.17) is 15.3 Å². The summed E-state index contributed by atoms with van der Waals surface area (Å²) in [6.07, 6.45) is -3.75. The quantitative estimate of drug-likeness (QED) is 0.402. The average molecular weight is 226 g/mol. The predicted molar refractivity (Wildman–Crippen MR) is 45.2 cm³/mol. The van der Waals surface area contributed by atoms with E-state index in [0.29, 0.717) is 0 Å². The normalized spacial score (nSPS) is 15.5. The summed E-state index contributed by atoms with van der Waals surface area (Å²) < 4.78 is 29.9. The van der Waals surface area contributed by atoms with E-state index in [0.717, 1.165) is 6.08 Å². The molecule has 0 heterocycles. The van der Waals surface area contributed by atoms with Crippen molar-refractivity contribution in [3.8, 4) is 0 Å². The van der Waals surface area contributed by atoms with E-state index in [9.17, 15) is 13.6 Å². The van der Waals surface area contributed by atoms with E-state index in [1.165, 1.54) is 0 Å². The lowest BCUT2D eigenvalue weighted by Gasteiger charge is -2.23. The van der Waals surface area contributed by atoms with Gasteiger partial charge in [0.15, 0.2) is 6.10 Å². The molecule has 5 nitrogen and oxygen atoms in total. The number of carbonyl (C=O) groups excluding carboxylic acids is 1. The van der Waals surface area contributed by atoms with Gasteiger partial charge >= 0.3 is 11.9 Å². The van der Waals surface area contributed by atoms with Crippen molar-refractivity contribution >= 4 is 5.97 Å². The zero-order valence-corrected chi connectivity index (χ0v) is 7.77. The second-order valence-electron chi connectivity index (χ2n) is 2.70. The molecule has 15 heavy (non-hydrogen) atoms. The molecule has 7 heteroatoms. The summed E-state index contributed by atoms with van der Waals surface area (Å²) in [6.45, 7) is 1.61. The van der Waals surface area contributed by atoms with Crippen LogP contribution in [0, 0.1) is 0 Å². The Labute approximate surface area is 84.6 Å². The predicted octanol–water partition coefficient (Wildman–Crippen LogP) is -0.935. The van der Waals surface area contributed by atoms with Crippen molar-refractivity contribution < 1.29 is 33.6 Å². The second-order valence-corrected chi connectivity index (χ2v) is 2.70. The van der Waals surface area contributed by atoms with Gasteiger partial charge in [-0.3, -0.25) is 0 Å². The highest BCUT2D eigenvalue weighted by molar-refractivity contribution is 5.78. The Balaban J connectivity index is 4.49. The van der Waals surface area contributed by atoms with Crippen LogP contribution in [0.2, 0.25) is 0 Å². The molecule has 0 aromatic rings. The van der Waals surface area contributed by atoms with Crippen molar-refractivity contribution in [1.29, 1.82) is 0 Å². The molecule has 0 spiro atoms. The molecule has 2 unspecified atom stereocenters. The Morgan fingerprint density at radius 1 is 1.53 bits per heavy atom. The van der Waals surface area contributed by atoms with E-state index in [-0.39, 0.29) is 0 Å². The molecule has 0 saturated heterocycles. The van der Waals surface area contributed by atoms with Crippen LogP contribution in [0.4, 0.5) is 8.78 Å². The van der Waals surface area contributed by atoms with Gasteiger partial charge in [0.25, 0.3) is 0 Å². The maximum atomic E-state index is 12.9. The van der Waals surface area contributed by atoms with Crippen LogP contribution >= 0.6 is 0 Å². The fourth-order valence-electron chi connectivity index (χ4n) is 0.693. The number of esters is 1. The summed E-state index contributed by atoms with van der Waals surface area (Å²) in [6, 6.07) is 0. The molecule has 2 atom stereocenters. The highest BCUT2D eigenvalue weighted by atomic mass is 19.3. The van der Waals surface area contributed by atoms with Crippen LogP contribution in [-0.2, 0) is 9.53 Å². The number of halogens is 2. The standard InChI is InChI=1S/C8H12F2O5/c1-2-3-15-7(14)8(9,10)6(13)5(12)4-11/h2,5-6,11-13H,1,3-4H2. The van der Waals surface area contributed by atoms with Crippen LogP contribution in [0.1, 0.15) is 0 Å². The van der Waals surface area contributed by atoms with Gasteiger partial charge in [-0.15, -0.1) is 0 Å². The van der Waals surface area contributed by atoms with E-state index < -0.39 is 37.3 Å². The first kappa shape index (κ1) is 13.9. The van der Waals surface area contributed by atoms with Crippen molar-refractivity contribution in [1.82, 2.24) is 0 Å². The van der Waals surface area contributed by atoms with E-state index >= 15 is 0 Å². The van der Waals surface area contributed by atoms with E-state index in [1.807, 2.05) is 0 Å². The Bertz CT molecular complexity index is 231. The lowest BCUT2D eigenvalue weighted by atomic mass is 10.1. The SMILES string of the molecule is C=CCOC(=O)C(F)(F)C(O)C(O)CO. The third-order valence-corrected chi connectivity index (χ3v) is 1.53. The van der Waals surface area contributed by atoms with Gasteiger partial charge in [0.2, 0.25) is 0 Å². The number of carbonyl (C=O) groups is 1. The molecule has 0 saturated carbocycles. The smallest absolute Gasteiger partial charge is 0.380 e. The number of hydrogen-bond donors (Lipinski definition) is 3. The first-order valence-electron chi connectivity index (χ1n) is 4.00. The summed E-state index contributed by atoms with van der Waals surface area (Å²) >= 11 is 0. The minimum Gasteiger partial charge on any atom is -0.457 e. The van der Waals surface area contributed by atoms with Gasteiger partial charge in [0.1, 0.15) is 12.7 Å². The van der Waals surface area contributed by atoms with Crippen LogP contribution < -0.4 is 0 Å². The average Bonchev–Trinajstić information content (AvgIpc) is 2.23. The Morgan fingerprint density at radius 3 is 2.47 bits per heavy atom. The molecule has 0 radical (unpaired) electrons. The van der Waals surface area contributed by atoms with Crippen LogP contribution in [0.25, 0.3) is 0 Å². The number of ether oxygens (including phenoxy) is 1. The Hall–Kier alpha value is -1.05. The minimum absolute atomic E-state index is 0.434. The Morgan fingerprint density at radius 2 is 2.07 bits per heavy atom. The zero-order chi connectivity index (χ0) is 12.1. The second kappa shape index (κ2) is 5.74. The van der Waals surface area contributed by atoms with Crippen LogP contribution in [-0.4, -0.2) is 52.6 Å².